The van der Waals surface area contributed by atoms with Crippen molar-refractivity contribution in [3.05, 3.63) is 95.6 Å². The molecule has 0 atom stereocenters. The van der Waals surface area contributed by atoms with Crippen molar-refractivity contribution in [3.63, 3.8) is 0 Å². The van der Waals surface area contributed by atoms with E-state index < -0.39 is 0 Å². The van der Waals surface area contributed by atoms with Gasteiger partial charge in [-0.3, -0.25) is 4.98 Å². The fraction of sp³-hybridized carbons (Fsp3) is 0.296. The summed E-state index contributed by atoms with van der Waals surface area (Å²) in [6.45, 7) is 6.13. The van der Waals surface area contributed by atoms with Crippen LogP contribution in [-0.2, 0) is 12.8 Å². The molecule has 0 spiro atoms. The number of aromatic nitrogens is 3. The second-order valence-electron chi connectivity index (χ2n) is 8.20. The molecule has 0 unspecified atom stereocenters. The third-order valence-corrected chi connectivity index (χ3v) is 5.52. The smallest absolute Gasteiger partial charge is 0.0894 e. The third kappa shape index (κ3) is 5.10. The van der Waals surface area contributed by atoms with E-state index in [-0.39, 0.29) is 0 Å². The summed E-state index contributed by atoms with van der Waals surface area (Å²) in [5.41, 5.74) is 9.18. The number of benzene rings is 1. The van der Waals surface area contributed by atoms with Crippen LogP contribution in [0.2, 0.25) is 0 Å². The Morgan fingerprint density at radius 3 is 2.77 bits per heavy atom. The minimum Gasteiger partial charge on any atom is -0.264 e. The van der Waals surface area contributed by atoms with Gasteiger partial charge in [-0.05, 0) is 86.8 Å². The molecule has 0 saturated heterocycles. The van der Waals surface area contributed by atoms with Crippen LogP contribution < -0.4 is 0 Å². The lowest BCUT2D eigenvalue weighted by molar-refractivity contribution is 0.717. The fourth-order valence-electron chi connectivity index (χ4n) is 3.94. The molecule has 3 aromatic rings. The first-order chi connectivity index (χ1) is 14.7. The van der Waals surface area contributed by atoms with E-state index in [9.17, 15) is 0 Å². The molecule has 0 bridgehead atoms. The van der Waals surface area contributed by atoms with Gasteiger partial charge in [-0.2, -0.15) is 0 Å². The van der Waals surface area contributed by atoms with E-state index in [1.165, 1.54) is 22.3 Å². The van der Waals surface area contributed by atoms with Crippen LogP contribution in [-0.4, -0.2) is 15.0 Å². The number of hydrogen-bond donors (Lipinski definition) is 0. The Morgan fingerprint density at radius 2 is 2.00 bits per heavy atom. The predicted molar refractivity (Wildman–Crippen MR) is 125 cm³/mol. The minimum atomic E-state index is 0.858. The van der Waals surface area contributed by atoms with Crippen LogP contribution in [0.25, 0.3) is 16.6 Å². The summed E-state index contributed by atoms with van der Waals surface area (Å²) in [7, 11) is 0. The standard InChI is InChI=1S/C27H29N3/c1-20(2)9-6-7-13-25-27(23-11-4-3-5-12-23)30-24-15-14-21(18-26(24)29-25)17-22-10-8-16-28-19-22/h3-4,8,10-11,14-16,18-19H,1,5-7,9,12-13,17H2,2H3. The first-order valence-corrected chi connectivity index (χ1v) is 10.9. The number of allylic oxidation sites excluding steroid dienone is 5. The highest BCUT2D eigenvalue weighted by molar-refractivity contribution is 5.79. The van der Waals surface area contributed by atoms with Crippen LogP contribution >= 0.6 is 0 Å². The number of unbranched alkanes of at least 4 members (excludes halogenated alkanes) is 1. The van der Waals surface area contributed by atoms with Crippen molar-refractivity contribution >= 4 is 16.6 Å². The summed E-state index contributed by atoms with van der Waals surface area (Å²) < 4.78 is 0. The average molecular weight is 396 g/mol. The first kappa shape index (κ1) is 20.2. The number of rotatable bonds is 8. The van der Waals surface area contributed by atoms with Crippen molar-refractivity contribution < 1.29 is 0 Å². The third-order valence-electron chi connectivity index (χ3n) is 5.52. The number of aryl methyl sites for hydroxylation is 1. The largest absolute Gasteiger partial charge is 0.264 e. The van der Waals surface area contributed by atoms with E-state index in [0.717, 1.165) is 67.4 Å². The molecule has 0 amide bonds. The SMILES string of the molecule is C=C(C)CCCCc1nc2cc(Cc3cccnc3)ccc2nc1C1=CC=CCC1. The van der Waals surface area contributed by atoms with Gasteiger partial charge >= 0.3 is 0 Å². The summed E-state index contributed by atoms with van der Waals surface area (Å²) >= 11 is 0. The summed E-state index contributed by atoms with van der Waals surface area (Å²) in [6, 6.07) is 10.6. The molecule has 2 aromatic heterocycles. The van der Waals surface area contributed by atoms with Crippen LogP contribution in [0.3, 0.4) is 0 Å². The van der Waals surface area contributed by atoms with Gasteiger partial charge in [0.25, 0.3) is 0 Å². The van der Waals surface area contributed by atoms with E-state index in [0.29, 0.717) is 0 Å². The topological polar surface area (TPSA) is 38.7 Å². The van der Waals surface area contributed by atoms with Crippen LogP contribution in [0.15, 0.2) is 73.1 Å². The molecule has 0 aliphatic heterocycles. The Balaban J connectivity index is 1.65. The number of hydrogen-bond acceptors (Lipinski definition) is 3. The Bertz CT molecular complexity index is 1090. The van der Waals surface area contributed by atoms with Crippen molar-refractivity contribution in [2.45, 2.75) is 51.9 Å². The lowest BCUT2D eigenvalue weighted by Gasteiger charge is -2.14. The maximum Gasteiger partial charge on any atom is 0.0894 e. The zero-order valence-electron chi connectivity index (χ0n) is 17.8. The number of nitrogens with zero attached hydrogens (tertiary/aromatic N) is 3. The molecule has 4 rings (SSSR count). The average Bonchev–Trinajstić information content (AvgIpc) is 2.77. The van der Waals surface area contributed by atoms with Crippen molar-refractivity contribution in [1.82, 2.24) is 15.0 Å². The predicted octanol–water partition coefficient (Wildman–Crippen LogP) is 6.64. The maximum absolute atomic E-state index is 5.10. The molecule has 0 saturated carbocycles. The molecular weight excluding hydrogens is 366 g/mol. The summed E-state index contributed by atoms with van der Waals surface area (Å²) in [5, 5.41) is 0. The molecule has 1 aliphatic carbocycles. The molecule has 1 aliphatic rings. The highest BCUT2D eigenvalue weighted by atomic mass is 14.8. The first-order valence-electron chi connectivity index (χ1n) is 10.9. The minimum absolute atomic E-state index is 0.858. The molecule has 152 valence electrons. The van der Waals surface area contributed by atoms with E-state index in [1.54, 1.807) is 0 Å². The Kier molecular flexibility index (Phi) is 6.48. The normalized spacial score (nSPS) is 13.4. The number of fused-ring (bicyclic) bond motifs is 1. The molecule has 30 heavy (non-hydrogen) atoms. The van der Waals surface area contributed by atoms with E-state index >= 15 is 0 Å². The van der Waals surface area contributed by atoms with Gasteiger partial charge in [0.2, 0.25) is 0 Å². The lowest BCUT2D eigenvalue weighted by Crippen LogP contribution is -2.04. The molecular formula is C27H29N3. The maximum atomic E-state index is 5.10. The zero-order valence-corrected chi connectivity index (χ0v) is 17.8. The Morgan fingerprint density at radius 1 is 1.07 bits per heavy atom. The molecule has 1 aromatic carbocycles. The van der Waals surface area contributed by atoms with Crippen molar-refractivity contribution in [3.8, 4) is 0 Å². The summed E-state index contributed by atoms with van der Waals surface area (Å²) in [5.74, 6) is 0. The molecule has 0 N–H and O–H groups in total. The van der Waals surface area contributed by atoms with E-state index in [4.69, 9.17) is 9.97 Å². The van der Waals surface area contributed by atoms with Crippen LogP contribution in [0.1, 0.15) is 61.5 Å². The molecule has 3 heteroatoms. The van der Waals surface area contributed by atoms with Gasteiger partial charge in [0, 0.05) is 12.4 Å². The molecule has 2 heterocycles. The van der Waals surface area contributed by atoms with E-state index in [2.05, 4.69) is 61.0 Å². The van der Waals surface area contributed by atoms with Gasteiger partial charge < -0.3 is 0 Å². The zero-order chi connectivity index (χ0) is 20.8. The van der Waals surface area contributed by atoms with Crippen molar-refractivity contribution in [2.75, 3.05) is 0 Å². The Labute approximate surface area is 179 Å². The Hall–Kier alpha value is -3.07. The van der Waals surface area contributed by atoms with Gasteiger partial charge in [-0.25, -0.2) is 9.97 Å². The fourth-order valence-corrected chi connectivity index (χ4v) is 3.94. The van der Waals surface area contributed by atoms with Crippen molar-refractivity contribution in [2.24, 2.45) is 0 Å². The lowest BCUT2D eigenvalue weighted by atomic mass is 9.97. The molecule has 0 radical (unpaired) electrons. The van der Waals surface area contributed by atoms with Gasteiger partial charge in [-0.1, -0.05) is 35.9 Å². The quantitative estimate of drug-likeness (QED) is 0.317. The molecule has 3 nitrogen and oxygen atoms in total. The van der Waals surface area contributed by atoms with Crippen LogP contribution in [0.4, 0.5) is 0 Å². The van der Waals surface area contributed by atoms with Gasteiger partial charge in [0.1, 0.15) is 0 Å². The van der Waals surface area contributed by atoms with Crippen LogP contribution in [0, 0.1) is 0 Å². The molecule has 0 fully saturated rings. The van der Waals surface area contributed by atoms with Gasteiger partial charge in [0.15, 0.2) is 0 Å². The van der Waals surface area contributed by atoms with Gasteiger partial charge in [-0.15, -0.1) is 6.58 Å². The number of pyridine rings is 1. The highest BCUT2D eigenvalue weighted by Crippen LogP contribution is 2.28. The van der Waals surface area contributed by atoms with Gasteiger partial charge in [0.05, 0.1) is 22.4 Å². The van der Waals surface area contributed by atoms with Crippen molar-refractivity contribution in [1.29, 1.82) is 0 Å². The summed E-state index contributed by atoms with van der Waals surface area (Å²) in [4.78, 5) is 14.4. The summed E-state index contributed by atoms with van der Waals surface area (Å²) in [6.07, 6.45) is 17.6. The van der Waals surface area contributed by atoms with Crippen LogP contribution in [0.5, 0.6) is 0 Å². The second kappa shape index (κ2) is 9.62. The second-order valence-corrected chi connectivity index (χ2v) is 8.20. The van der Waals surface area contributed by atoms with E-state index in [1.807, 2.05) is 18.5 Å². The monoisotopic (exact) mass is 395 g/mol. The highest BCUT2D eigenvalue weighted by Gasteiger charge is 2.14.